The van der Waals surface area contributed by atoms with Gasteiger partial charge in [-0.3, -0.25) is 0 Å². The quantitative estimate of drug-likeness (QED) is 0.160. The zero-order valence-corrected chi connectivity index (χ0v) is 81.8. The van der Waals surface area contributed by atoms with Crippen molar-refractivity contribution in [2.45, 2.75) is 702 Å². The van der Waals surface area contributed by atoms with E-state index in [0.717, 1.165) is 25.7 Å². The molecule has 1 aliphatic rings. The molecule has 0 spiro atoms. The highest BCUT2D eigenvalue weighted by molar-refractivity contribution is 4.82. The Morgan fingerprint density at radius 2 is 0.287 bits per heavy atom. The molecule has 1 saturated carbocycles. The van der Waals surface area contributed by atoms with Crippen molar-refractivity contribution >= 4 is 0 Å². The zero-order chi connectivity index (χ0) is 83.0. The fraction of sp³-hybridized carbons (Fsp3) is 1.00. The van der Waals surface area contributed by atoms with Crippen molar-refractivity contribution in [3.05, 3.63) is 0 Å². The van der Waals surface area contributed by atoms with Crippen LogP contribution in [0.3, 0.4) is 0 Å². The largest absolute Gasteiger partial charge is 0.234 e. The van der Waals surface area contributed by atoms with Gasteiger partial charge in [0.1, 0.15) is 0 Å². The third-order valence-corrected chi connectivity index (χ3v) is 26.8. The average molecular weight is 1620 g/mol. The Hall–Kier alpha value is -0.160. The van der Waals surface area contributed by atoms with Gasteiger partial charge in [-0.1, -0.05) is 618 Å². The van der Waals surface area contributed by atoms with Crippen molar-refractivity contribution in [3.8, 4) is 0 Å². The van der Waals surface area contributed by atoms with Gasteiger partial charge in [-0.2, -0.15) is 9.78 Å². The summed E-state index contributed by atoms with van der Waals surface area (Å²) >= 11 is 0. The van der Waals surface area contributed by atoms with Crippen LogP contribution in [0.4, 0.5) is 0 Å². The Labute approximate surface area is 728 Å². The molecule has 0 radical (unpaired) electrons. The first kappa shape index (κ1) is 113. The van der Waals surface area contributed by atoms with E-state index >= 15 is 0 Å². The fourth-order valence-electron chi connectivity index (χ4n) is 19.5. The van der Waals surface area contributed by atoms with E-state index in [1.54, 1.807) is 0 Å². The van der Waals surface area contributed by atoms with E-state index in [9.17, 15) is 0 Å². The standard InChI is InChI=1S/C111H222O4/c1-107-103-101-99-97-95-93-91-89-87-85-83-81-79-77-75-73-71-69-67-65-63-61-59-57-55-53-51-49-47-45-43-41-39-37-35-33-31-29-27-25-23-21-19-17-15-13-11-10-12-14-16-18-20-22-24-26-28-30-32-34-36-38-40-42-44-46-48-50-52-54-56-58-60-62-64-66-68-70-72-74-76-78-80-82-84-86-88-90-92-94-96-98-100-102-104-111(106-110(8,9)105-107,114-112-108(2,3)4)115-113-109(5,6)7/h107H,10-106H2,1-9H3. The van der Waals surface area contributed by atoms with Gasteiger partial charge in [0.2, 0.25) is 5.79 Å². The Morgan fingerprint density at radius 1 is 0.174 bits per heavy atom. The van der Waals surface area contributed by atoms with E-state index in [2.05, 4.69) is 62.3 Å². The SMILES string of the molecule is CC1CCCCCCCCCCCCCCCCCCCCCCCCCCCCCCCCCCCCCCCCCCCCCCCCCCCCCCCCCCCCCCCCCCCCCCCCCCCCCCCCCCCCCCCCCCCCCCCC(OOC(C)(C)C)(OOC(C)(C)C)CC(C)(C)C1. The van der Waals surface area contributed by atoms with Crippen LogP contribution >= 0.6 is 0 Å². The van der Waals surface area contributed by atoms with Gasteiger partial charge >= 0.3 is 0 Å². The highest BCUT2D eigenvalue weighted by atomic mass is 17.3. The molecular formula is C111H222O4. The molecule has 0 heterocycles. The van der Waals surface area contributed by atoms with Crippen molar-refractivity contribution in [3.63, 3.8) is 0 Å². The molecular weight excluding hydrogens is 1400 g/mol. The van der Waals surface area contributed by atoms with Gasteiger partial charge in [-0.05, 0) is 65.7 Å². The summed E-state index contributed by atoms with van der Waals surface area (Å²) in [6, 6.07) is 0. The number of hydrogen-bond donors (Lipinski definition) is 0. The first-order valence-electron chi connectivity index (χ1n) is 55.0. The van der Waals surface area contributed by atoms with Gasteiger partial charge in [0.05, 0.1) is 11.2 Å². The van der Waals surface area contributed by atoms with Crippen molar-refractivity contribution in [1.29, 1.82) is 0 Å². The normalized spacial score (nSPS) is 24.3. The molecule has 4 heteroatoms. The molecule has 0 aromatic rings. The van der Waals surface area contributed by atoms with Crippen LogP contribution < -0.4 is 0 Å². The molecule has 1 aliphatic carbocycles. The summed E-state index contributed by atoms with van der Waals surface area (Å²) in [5, 5.41) is 0. The van der Waals surface area contributed by atoms with Gasteiger partial charge in [-0.15, -0.1) is 0 Å². The van der Waals surface area contributed by atoms with Crippen LogP contribution in [0.2, 0.25) is 0 Å². The second-order valence-corrected chi connectivity index (χ2v) is 42.5. The maximum Gasteiger partial charge on any atom is 0.234 e. The lowest BCUT2D eigenvalue weighted by atomic mass is 9.76. The van der Waals surface area contributed by atoms with E-state index < -0.39 is 17.0 Å². The lowest BCUT2D eigenvalue weighted by Gasteiger charge is -2.41. The van der Waals surface area contributed by atoms with Crippen LogP contribution in [0, 0.1) is 11.3 Å². The van der Waals surface area contributed by atoms with Gasteiger partial charge in [-0.25, -0.2) is 9.78 Å². The molecule has 4 nitrogen and oxygen atoms in total. The molecule has 1 rings (SSSR count). The van der Waals surface area contributed by atoms with E-state index in [1.807, 2.05) is 0 Å². The van der Waals surface area contributed by atoms with Crippen molar-refractivity contribution in [2.24, 2.45) is 11.3 Å². The van der Waals surface area contributed by atoms with Crippen LogP contribution in [0.25, 0.3) is 0 Å². The van der Waals surface area contributed by atoms with E-state index in [-0.39, 0.29) is 5.41 Å². The summed E-state index contributed by atoms with van der Waals surface area (Å²) in [6.07, 6.45) is 140. The predicted molar refractivity (Wildman–Crippen MR) is 517 cm³/mol. The summed E-state index contributed by atoms with van der Waals surface area (Å²) < 4.78 is 0. The minimum absolute atomic E-state index is 0.00867. The molecule has 0 saturated heterocycles. The summed E-state index contributed by atoms with van der Waals surface area (Å²) in [4.78, 5) is 25.3. The third kappa shape index (κ3) is 92.8. The Balaban J connectivity index is 2.30. The van der Waals surface area contributed by atoms with Crippen LogP contribution in [0.1, 0.15) is 685 Å². The van der Waals surface area contributed by atoms with Crippen LogP contribution in [-0.2, 0) is 19.6 Å². The first-order valence-corrected chi connectivity index (χ1v) is 55.0. The van der Waals surface area contributed by atoms with Gasteiger partial charge in [0, 0.05) is 12.8 Å². The zero-order valence-electron chi connectivity index (χ0n) is 81.8. The Morgan fingerprint density at radius 3 is 0.409 bits per heavy atom. The molecule has 0 amide bonds. The fourth-order valence-corrected chi connectivity index (χ4v) is 19.5. The van der Waals surface area contributed by atoms with Crippen molar-refractivity contribution in [2.75, 3.05) is 0 Å². The molecule has 0 aromatic heterocycles. The molecule has 115 heavy (non-hydrogen) atoms. The molecule has 1 fully saturated rings. The molecule has 1 atom stereocenters. The minimum Gasteiger partial charge on any atom is -0.228 e. The minimum atomic E-state index is -0.948. The van der Waals surface area contributed by atoms with Gasteiger partial charge < -0.3 is 0 Å². The maximum atomic E-state index is 6.48. The van der Waals surface area contributed by atoms with Crippen LogP contribution in [0.15, 0.2) is 0 Å². The second-order valence-electron chi connectivity index (χ2n) is 42.5. The molecule has 690 valence electrons. The molecule has 0 bridgehead atoms. The molecule has 0 aliphatic heterocycles. The molecule has 0 N–H and O–H groups in total. The summed E-state index contributed by atoms with van der Waals surface area (Å²) in [5.74, 6) is -0.291. The van der Waals surface area contributed by atoms with Crippen molar-refractivity contribution in [1.82, 2.24) is 0 Å². The number of hydrogen-bond acceptors (Lipinski definition) is 4. The molecule has 0 aromatic carbocycles. The Kier molecular flexibility index (Phi) is 87.0. The topological polar surface area (TPSA) is 36.9 Å². The van der Waals surface area contributed by atoms with Crippen LogP contribution in [-0.4, -0.2) is 17.0 Å². The highest BCUT2D eigenvalue weighted by Gasteiger charge is 2.43. The smallest absolute Gasteiger partial charge is 0.228 e. The maximum absolute atomic E-state index is 6.48. The van der Waals surface area contributed by atoms with Gasteiger partial charge in [0.25, 0.3) is 0 Å². The highest BCUT2D eigenvalue weighted by Crippen LogP contribution is 2.42. The Bertz CT molecular complexity index is 1770. The van der Waals surface area contributed by atoms with Gasteiger partial charge in [0.15, 0.2) is 0 Å². The average Bonchev–Trinajstić information content (AvgIpc) is 0.817. The summed E-state index contributed by atoms with van der Waals surface area (Å²) in [7, 11) is 0. The second kappa shape index (κ2) is 88.7. The van der Waals surface area contributed by atoms with E-state index in [0.29, 0.717) is 5.92 Å². The summed E-state index contributed by atoms with van der Waals surface area (Å²) in [6.45, 7) is 19.7. The van der Waals surface area contributed by atoms with E-state index in [4.69, 9.17) is 19.6 Å². The predicted octanol–water partition coefficient (Wildman–Crippen LogP) is 41.7. The lowest BCUT2D eigenvalue weighted by molar-refractivity contribution is -0.546. The van der Waals surface area contributed by atoms with Crippen molar-refractivity contribution < 1.29 is 19.6 Å². The number of rotatable bonds is 4. The van der Waals surface area contributed by atoms with E-state index in [1.165, 1.54) is 597 Å². The first-order chi connectivity index (χ1) is 56.2. The summed E-state index contributed by atoms with van der Waals surface area (Å²) in [5.41, 5.74) is -0.880. The monoisotopic (exact) mass is 1620 g/mol. The van der Waals surface area contributed by atoms with Crippen LogP contribution in [0.5, 0.6) is 0 Å². The lowest BCUT2D eigenvalue weighted by Crippen LogP contribution is -2.44. The third-order valence-electron chi connectivity index (χ3n) is 26.8. The molecule has 1 unspecified atom stereocenters.